The maximum atomic E-state index is 12.3. The topological polar surface area (TPSA) is 33.2 Å². The molecule has 0 saturated heterocycles. The zero-order valence-electron chi connectivity index (χ0n) is 10.9. The molecule has 0 N–H and O–H groups in total. The van der Waals surface area contributed by atoms with E-state index < -0.39 is 0 Å². The molecule has 3 nitrogen and oxygen atoms in total. The molecule has 98 valence electrons. The third-order valence-corrected chi connectivity index (χ3v) is 2.81. The number of amides is 1. The van der Waals surface area contributed by atoms with E-state index in [1.54, 1.807) is 17.0 Å². The molecule has 1 amide bonds. The van der Waals surface area contributed by atoms with Crippen molar-refractivity contribution in [2.75, 3.05) is 13.1 Å². The summed E-state index contributed by atoms with van der Waals surface area (Å²) in [6.45, 7) is 8.85. The molecule has 0 aliphatic rings. The highest BCUT2D eigenvalue weighted by Crippen LogP contribution is 2.14. The molecule has 1 heterocycles. The van der Waals surface area contributed by atoms with Crippen LogP contribution < -0.4 is 0 Å². The largest absolute Gasteiger partial charge is 0.335 e. The Morgan fingerprint density at radius 3 is 2.78 bits per heavy atom. The van der Waals surface area contributed by atoms with Gasteiger partial charge in [-0.3, -0.25) is 4.79 Å². The van der Waals surface area contributed by atoms with Crippen LogP contribution in [-0.2, 0) is 6.42 Å². The van der Waals surface area contributed by atoms with Gasteiger partial charge in [0.15, 0.2) is 0 Å². The number of likely N-dealkylation sites (N-methyl/N-ethyl adjacent to an activating group) is 1. The molecule has 0 aliphatic heterocycles. The normalized spacial score (nSPS) is 10.2. The van der Waals surface area contributed by atoms with E-state index in [1.165, 1.54) is 0 Å². The third kappa shape index (κ3) is 3.84. The number of pyridine rings is 1. The predicted octanol–water partition coefficient (Wildman–Crippen LogP) is 3.34. The Balaban J connectivity index is 3.00. The SMILES string of the molecule is C=CCN(CC)C(=O)c1cc(Cl)nc(CCC)c1. The first kappa shape index (κ1) is 14.7. The van der Waals surface area contributed by atoms with Gasteiger partial charge < -0.3 is 4.90 Å². The second-order valence-corrected chi connectivity index (χ2v) is 4.44. The fourth-order valence-corrected chi connectivity index (χ4v) is 1.98. The van der Waals surface area contributed by atoms with Crippen LogP contribution in [0.3, 0.4) is 0 Å². The summed E-state index contributed by atoms with van der Waals surface area (Å²) in [5, 5.41) is 0.374. The molecule has 0 unspecified atom stereocenters. The highest BCUT2D eigenvalue weighted by Gasteiger charge is 2.14. The monoisotopic (exact) mass is 266 g/mol. The molecule has 1 aromatic heterocycles. The van der Waals surface area contributed by atoms with Crippen molar-refractivity contribution in [3.63, 3.8) is 0 Å². The number of aromatic nitrogens is 1. The van der Waals surface area contributed by atoms with E-state index in [1.807, 2.05) is 13.0 Å². The van der Waals surface area contributed by atoms with Crippen molar-refractivity contribution >= 4 is 17.5 Å². The van der Waals surface area contributed by atoms with Crippen LogP contribution in [0, 0.1) is 0 Å². The summed E-state index contributed by atoms with van der Waals surface area (Å²) in [6.07, 6.45) is 3.52. The molecular formula is C14H19ClN2O. The van der Waals surface area contributed by atoms with Gasteiger partial charge in [-0.05, 0) is 25.5 Å². The Kier molecular flexibility index (Phi) is 5.86. The van der Waals surface area contributed by atoms with E-state index in [-0.39, 0.29) is 5.91 Å². The van der Waals surface area contributed by atoms with Crippen LogP contribution in [0.25, 0.3) is 0 Å². The van der Waals surface area contributed by atoms with Gasteiger partial charge in [-0.2, -0.15) is 0 Å². The first-order valence-corrected chi connectivity index (χ1v) is 6.56. The summed E-state index contributed by atoms with van der Waals surface area (Å²) >= 11 is 5.95. The minimum atomic E-state index is -0.0287. The van der Waals surface area contributed by atoms with E-state index in [4.69, 9.17) is 11.6 Å². The number of rotatable bonds is 6. The first-order chi connectivity index (χ1) is 8.62. The second kappa shape index (κ2) is 7.17. The number of carbonyl (C=O) groups is 1. The average molecular weight is 267 g/mol. The van der Waals surface area contributed by atoms with Crippen LogP contribution in [0.2, 0.25) is 5.15 Å². The van der Waals surface area contributed by atoms with Crippen molar-refractivity contribution in [2.24, 2.45) is 0 Å². The lowest BCUT2D eigenvalue weighted by Crippen LogP contribution is -2.31. The minimum Gasteiger partial charge on any atom is -0.335 e. The number of halogens is 1. The lowest BCUT2D eigenvalue weighted by atomic mass is 10.1. The zero-order valence-corrected chi connectivity index (χ0v) is 11.7. The number of carbonyl (C=O) groups excluding carboxylic acids is 1. The van der Waals surface area contributed by atoms with Crippen molar-refractivity contribution in [2.45, 2.75) is 26.7 Å². The van der Waals surface area contributed by atoms with E-state index in [0.717, 1.165) is 18.5 Å². The number of hydrogen-bond acceptors (Lipinski definition) is 2. The van der Waals surface area contributed by atoms with E-state index in [0.29, 0.717) is 23.8 Å². The number of hydrogen-bond donors (Lipinski definition) is 0. The van der Waals surface area contributed by atoms with Crippen LogP contribution in [-0.4, -0.2) is 28.9 Å². The van der Waals surface area contributed by atoms with Gasteiger partial charge in [0.1, 0.15) is 5.15 Å². The molecule has 0 spiro atoms. The Labute approximate surface area is 113 Å². The molecular weight excluding hydrogens is 248 g/mol. The molecule has 0 radical (unpaired) electrons. The molecule has 4 heteroatoms. The van der Waals surface area contributed by atoms with Crippen molar-refractivity contribution in [1.82, 2.24) is 9.88 Å². The highest BCUT2D eigenvalue weighted by atomic mass is 35.5. The van der Waals surface area contributed by atoms with Gasteiger partial charge in [-0.1, -0.05) is 31.0 Å². The maximum Gasteiger partial charge on any atom is 0.254 e. The fraction of sp³-hybridized carbons (Fsp3) is 0.429. The molecule has 0 saturated carbocycles. The quantitative estimate of drug-likeness (QED) is 0.584. The van der Waals surface area contributed by atoms with Crippen molar-refractivity contribution in [3.05, 3.63) is 41.2 Å². The van der Waals surface area contributed by atoms with E-state index in [2.05, 4.69) is 18.5 Å². The summed E-state index contributed by atoms with van der Waals surface area (Å²) in [5.41, 5.74) is 1.46. The fourth-order valence-electron chi connectivity index (χ4n) is 1.75. The second-order valence-electron chi connectivity index (χ2n) is 4.05. The zero-order chi connectivity index (χ0) is 13.5. The van der Waals surface area contributed by atoms with Crippen LogP contribution in [0.1, 0.15) is 36.3 Å². The summed E-state index contributed by atoms with van der Waals surface area (Å²) < 4.78 is 0. The van der Waals surface area contributed by atoms with Gasteiger partial charge in [0.2, 0.25) is 0 Å². The minimum absolute atomic E-state index is 0.0287. The Morgan fingerprint density at radius 2 is 2.22 bits per heavy atom. The third-order valence-electron chi connectivity index (χ3n) is 2.62. The Bertz CT molecular complexity index is 432. The Morgan fingerprint density at radius 1 is 1.50 bits per heavy atom. The van der Waals surface area contributed by atoms with Crippen molar-refractivity contribution in [3.8, 4) is 0 Å². The molecule has 0 aliphatic carbocycles. The van der Waals surface area contributed by atoms with Gasteiger partial charge in [0.25, 0.3) is 5.91 Å². The Hall–Kier alpha value is -1.35. The van der Waals surface area contributed by atoms with Gasteiger partial charge >= 0.3 is 0 Å². The van der Waals surface area contributed by atoms with Gasteiger partial charge in [0.05, 0.1) is 0 Å². The lowest BCUT2D eigenvalue weighted by Gasteiger charge is -2.19. The maximum absolute atomic E-state index is 12.3. The molecule has 0 atom stereocenters. The van der Waals surface area contributed by atoms with E-state index >= 15 is 0 Å². The van der Waals surface area contributed by atoms with Crippen LogP contribution >= 0.6 is 11.6 Å². The average Bonchev–Trinajstić information content (AvgIpc) is 2.35. The molecule has 0 fully saturated rings. The van der Waals surface area contributed by atoms with Crippen molar-refractivity contribution in [1.29, 1.82) is 0 Å². The summed E-state index contributed by atoms with van der Waals surface area (Å²) in [6, 6.07) is 3.44. The highest BCUT2D eigenvalue weighted by molar-refractivity contribution is 6.29. The molecule has 1 aromatic rings. The van der Waals surface area contributed by atoms with E-state index in [9.17, 15) is 4.79 Å². The predicted molar refractivity (Wildman–Crippen MR) is 75.0 cm³/mol. The summed E-state index contributed by atoms with van der Waals surface area (Å²) in [5.74, 6) is -0.0287. The molecule has 0 aromatic carbocycles. The number of nitrogens with zero attached hydrogens (tertiary/aromatic N) is 2. The smallest absolute Gasteiger partial charge is 0.254 e. The van der Waals surface area contributed by atoms with Crippen LogP contribution in [0.5, 0.6) is 0 Å². The van der Waals surface area contributed by atoms with Gasteiger partial charge in [0, 0.05) is 24.3 Å². The summed E-state index contributed by atoms with van der Waals surface area (Å²) in [7, 11) is 0. The molecule has 0 bridgehead atoms. The molecule has 1 rings (SSSR count). The number of aryl methyl sites for hydroxylation is 1. The van der Waals surface area contributed by atoms with Crippen LogP contribution in [0.4, 0.5) is 0 Å². The van der Waals surface area contributed by atoms with Gasteiger partial charge in [-0.25, -0.2) is 4.98 Å². The summed E-state index contributed by atoms with van der Waals surface area (Å²) in [4.78, 5) is 18.2. The lowest BCUT2D eigenvalue weighted by molar-refractivity contribution is 0.0782. The molecule has 18 heavy (non-hydrogen) atoms. The first-order valence-electron chi connectivity index (χ1n) is 6.19. The van der Waals surface area contributed by atoms with Crippen molar-refractivity contribution < 1.29 is 4.79 Å². The standard InChI is InChI=1S/C14H19ClN2O/c1-4-7-12-9-11(10-13(15)16-12)14(18)17(6-3)8-5-2/h5,9-10H,2,4,6-8H2,1,3H3. The van der Waals surface area contributed by atoms with Crippen LogP contribution in [0.15, 0.2) is 24.8 Å². The van der Waals surface area contributed by atoms with Gasteiger partial charge in [-0.15, -0.1) is 6.58 Å².